The fourth-order valence-electron chi connectivity index (χ4n) is 3.12. The van der Waals surface area contributed by atoms with E-state index in [4.69, 9.17) is 19.3 Å². The quantitative estimate of drug-likeness (QED) is 0.269. The molecule has 30 heavy (non-hydrogen) atoms. The minimum Gasteiger partial charge on any atom is -0.494 e. The van der Waals surface area contributed by atoms with Gasteiger partial charge in [-0.3, -0.25) is 0 Å². The molecule has 0 saturated carbocycles. The number of nitrogens with zero attached hydrogens (tertiary/aromatic N) is 1. The molecule has 0 fully saturated rings. The first-order valence-electron chi connectivity index (χ1n) is 10.4. The Hall–Kier alpha value is -2.97. The van der Waals surface area contributed by atoms with Crippen LogP contribution in [0.2, 0.25) is 0 Å². The maximum absolute atomic E-state index is 9.59. The van der Waals surface area contributed by atoms with E-state index in [-0.39, 0.29) is 0 Å². The second-order valence-electron chi connectivity index (χ2n) is 7.00. The zero-order valence-electron chi connectivity index (χ0n) is 17.9. The molecule has 0 aliphatic carbocycles. The molecule has 0 spiro atoms. The Bertz CT molecular complexity index is 837. The van der Waals surface area contributed by atoms with E-state index in [1.165, 1.54) is 12.8 Å². The van der Waals surface area contributed by atoms with Crippen molar-refractivity contribution in [2.24, 2.45) is 0 Å². The molecule has 0 aromatic heterocycles. The lowest BCUT2D eigenvalue weighted by atomic mass is 10.0. The van der Waals surface area contributed by atoms with Crippen LogP contribution in [0.15, 0.2) is 42.5 Å². The van der Waals surface area contributed by atoms with E-state index in [9.17, 15) is 5.26 Å². The first-order valence-corrected chi connectivity index (χ1v) is 10.4. The lowest BCUT2D eigenvalue weighted by Gasteiger charge is -2.09. The first-order chi connectivity index (χ1) is 14.7. The fraction of sp³-hybridized carbons (Fsp3) is 0.400. The van der Waals surface area contributed by atoms with Gasteiger partial charge in [-0.05, 0) is 60.4 Å². The number of methoxy groups -OCH3 is 2. The van der Waals surface area contributed by atoms with Gasteiger partial charge < -0.3 is 19.3 Å². The fourth-order valence-corrected chi connectivity index (χ4v) is 3.12. The number of hydrogen-bond acceptors (Lipinski definition) is 5. The van der Waals surface area contributed by atoms with E-state index in [0.717, 1.165) is 42.6 Å². The van der Waals surface area contributed by atoms with E-state index >= 15 is 0 Å². The molecule has 2 rings (SSSR count). The molecule has 0 atom stereocenters. The second-order valence-corrected chi connectivity index (χ2v) is 7.00. The molecular weight excluding hydrogens is 378 g/mol. The zero-order valence-corrected chi connectivity index (χ0v) is 17.9. The predicted molar refractivity (Wildman–Crippen MR) is 120 cm³/mol. The van der Waals surface area contributed by atoms with Crippen LogP contribution < -0.4 is 14.2 Å². The third-order valence-electron chi connectivity index (χ3n) is 4.83. The van der Waals surface area contributed by atoms with Gasteiger partial charge >= 0.3 is 0 Å². The second kappa shape index (κ2) is 13.3. The third-order valence-corrected chi connectivity index (χ3v) is 4.83. The van der Waals surface area contributed by atoms with Gasteiger partial charge in [0.1, 0.15) is 5.75 Å². The van der Waals surface area contributed by atoms with Gasteiger partial charge in [0.2, 0.25) is 0 Å². The molecule has 0 aliphatic rings. The van der Waals surface area contributed by atoms with Crippen LogP contribution in [-0.4, -0.2) is 32.5 Å². The SMILES string of the molecule is COc1ccc(/C(C#N)=C/c2ccc(OCCCCCCCCO)cc2)cc1OC. The van der Waals surface area contributed by atoms with Crippen LogP contribution in [0.1, 0.15) is 49.7 Å². The molecule has 0 bridgehead atoms. The Kier molecular flexibility index (Phi) is 10.3. The molecule has 0 unspecified atom stereocenters. The summed E-state index contributed by atoms with van der Waals surface area (Å²) in [5.74, 6) is 2.05. The lowest BCUT2D eigenvalue weighted by Crippen LogP contribution is -1.97. The van der Waals surface area contributed by atoms with Crippen molar-refractivity contribution in [2.45, 2.75) is 38.5 Å². The van der Waals surface area contributed by atoms with E-state index in [0.29, 0.717) is 30.3 Å². The highest BCUT2D eigenvalue weighted by Crippen LogP contribution is 2.31. The van der Waals surface area contributed by atoms with Crippen LogP contribution in [0.3, 0.4) is 0 Å². The van der Waals surface area contributed by atoms with E-state index in [2.05, 4.69) is 6.07 Å². The number of hydrogen-bond donors (Lipinski definition) is 1. The maximum atomic E-state index is 9.59. The van der Waals surface area contributed by atoms with Gasteiger partial charge in [-0.1, -0.05) is 37.8 Å². The monoisotopic (exact) mass is 409 g/mol. The standard InChI is InChI=1S/C25H31NO4/c1-28-24-14-11-21(18-25(24)29-2)22(19-26)17-20-9-12-23(13-10-20)30-16-8-6-4-3-5-7-15-27/h9-14,17-18,27H,3-8,15-16H2,1-2H3/b22-17+. The molecule has 5 nitrogen and oxygen atoms in total. The Morgan fingerprint density at radius 1 is 0.900 bits per heavy atom. The summed E-state index contributed by atoms with van der Waals surface area (Å²) in [6, 6.07) is 15.4. The van der Waals surface area contributed by atoms with Crippen molar-refractivity contribution >= 4 is 11.6 Å². The average Bonchev–Trinajstić information content (AvgIpc) is 2.79. The molecule has 2 aromatic rings. The largest absolute Gasteiger partial charge is 0.494 e. The van der Waals surface area contributed by atoms with E-state index in [1.54, 1.807) is 26.4 Å². The highest BCUT2D eigenvalue weighted by molar-refractivity contribution is 5.90. The molecule has 160 valence electrons. The number of nitriles is 1. The summed E-state index contributed by atoms with van der Waals surface area (Å²) >= 11 is 0. The van der Waals surface area contributed by atoms with Gasteiger partial charge in [0.15, 0.2) is 11.5 Å². The summed E-state index contributed by atoms with van der Waals surface area (Å²) in [5.41, 5.74) is 2.25. The zero-order chi connectivity index (χ0) is 21.6. The van der Waals surface area contributed by atoms with Crippen molar-refractivity contribution < 1.29 is 19.3 Å². The van der Waals surface area contributed by atoms with Crippen molar-refractivity contribution in [2.75, 3.05) is 27.4 Å². The van der Waals surface area contributed by atoms with Crippen molar-refractivity contribution in [3.05, 3.63) is 53.6 Å². The van der Waals surface area contributed by atoms with Crippen LogP contribution in [0.4, 0.5) is 0 Å². The van der Waals surface area contributed by atoms with Crippen molar-refractivity contribution in [3.8, 4) is 23.3 Å². The number of aliphatic hydroxyl groups excluding tert-OH is 1. The summed E-state index contributed by atoms with van der Waals surface area (Å²) < 4.78 is 16.4. The predicted octanol–water partition coefficient (Wildman–Crippen LogP) is 5.48. The summed E-state index contributed by atoms with van der Waals surface area (Å²) in [4.78, 5) is 0. The minimum atomic E-state index is 0.290. The Morgan fingerprint density at radius 3 is 2.20 bits per heavy atom. The molecule has 0 aliphatic heterocycles. The molecule has 0 amide bonds. The van der Waals surface area contributed by atoms with Crippen LogP contribution in [0.25, 0.3) is 11.6 Å². The van der Waals surface area contributed by atoms with E-state index < -0.39 is 0 Å². The summed E-state index contributed by atoms with van der Waals surface area (Å²) in [7, 11) is 3.16. The Balaban J connectivity index is 1.90. The Morgan fingerprint density at radius 2 is 1.57 bits per heavy atom. The molecule has 0 radical (unpaired) electrons. The summed E-state index contributed by atoms with van der Waals surface area (Å²) in [5, 5.41) is 18.4. The number of unbranched alkanes of at least 4 members (excludes halogenated alkanes) is 5. The van der Waals surface area contributed by atoms with Crippen LogP contribution >= 0.6 is 0 Å². The first kappa shape index (κ1) is 23.3. The molecule has 0 saturated heterocycles. The van der Waals surface area contributed by atoms with Crippen molar-refractivity contribution in [3.63, 3.8) is 0 Å². The van der Waals surface area contributed by atoms with Gasteiger partial charge in [0, 0.05) is 6.61 Å². The smallest absolute Gasteiger partial charge is 0.161 e. The van der Waals surface area contributed by atoms with Crippen LogP contribution in [-0.2, 0) is 0 Å². The van der Waals surface area contributed by atoms with Gasteiger partial charge in [-0.15, -0.1) is 0 Å². The van der Waals surface area contributed by atoms with Crippen molar-refractivity contribution in [1.82, 2.24) is 0 Å². The lowest BCUT2D eigenvalue weighted by molar-refractivity contribution is 0.280. The number of ether oxygens (including phenoxy) is 3. The van der Waals surface area contributed by atoms with Gasteiger partial charge in [0.25, 0.3) is 0 Å². The Labute approximate surface area is 179 Å². The highest BCUT2D eigenvalue weighted by Gasteiger charge is 2.08. The molecule has 1 N–H and O–H groups in total. The third kappa shape index (κ3) is 7.46. The highest BCUT2D eigenvalue weighted by atomic mass is 16.5. The van der Waals surface area contributed by atoms with Crippen LogP contribution in [0, 0.1) is 11.3 Å². The summed E-state index contributed by atoms with van der Waals surface area (Å²) in [6.07, 6.45) is 8.36. The van der Waals surface area contributed by atoms with Crippen molar-refractivity contribution in [1.29, 1.82) is 5.26 Å². The average molecular weight is 410 g/mol. The van der Waals surface area contributed by atoms with Crippen LogP contribution in [0.5, 0.6) is 17.2 Å². The number of rotatable bonds is 13. The maximum Gasteiger partial charge on any atom is 0.161 e. The number of benzene rings is 2. The van der Waals surface area contributed by atoms with Gasteiger partial charge in [-0.2, -0.15) is 5.26 Å². The van der Waals surface area contributed by atoms with E-state index in [1.807, 2.05) is 36.4 Å². The minimum absolute atomic E-state index is 0.290. The molecule has 0 heterocycles. The molecule has 2 aromatic carbocycles. The summed E-state index contributed by atoms with van der Waals surface area (Å²) in [6.45, 7) is 0.989. The normalized spacial score (nSPS) is 11.1. The number of aliphatic hydroxyl groups is 1. The van der Waals surface area contributed by atoms with Gasteiger partial charge in [0.05, 0.1) is 32.5 Å². The van der Waals surface area contributed by atoms with Gasteiger partial charge in [-0.25, -0.2) is 0 Å². The topological polar surface area (TPSA) is 71.7 Å². The number of allylic oxidation sites excluding steroid dienone is 1. The molecular formula is C25H31NO4. The molecule has 5 heteroatoms.